The van der Waals surface area contributed by atoms with E-state index in [1.807, 2.05) is 0 Å². The summed E-state index contributed by atoms with van der Waals surface area (Å²) < 4.78 is 5.14. The normalized spacial score (nSPS) is 18.4. The molecule has 1 saturated heterocycles. The average Bonchev–Trinajstić information content (AvgIpc) is 2.83. The zero-order valence-corrected chi connectivity index (χ0v) is 11.1. The minimum absolute atomic E-state index is 0.0384. The third-order valence-electron chi connectivity index (χ3n) is 3.06. The Labute approximate surface area is 111 Å². The lowest BCUT2D eigenvalue weighted by Gasteiger charge is -2.16. The standard InChI is InChI=1S/C12H20N2O5/c1-19-9-6-7-14(8-9)12(18)13-10(15)4-2-3-5-11(16)17/h9H,2-8H2,1H3,(H,16,17)(H,13,15,18). The number of carbonyl (C=O) groups excluding carboxylic acids is 2. The van der Waals surface area contributed by atoms with Crippen molar-refractivity contribution in [2.45, 2.75) is 38.2 Å². The number of nitrogens with zero attached hydrogens (tertiary/aromatic N) is 1. The van der Waals surface area contributed by atoms with Crippen LogP contribution in [0.5, 0.6) is 0 Å². The number of carboxylic acids is 1. The first-order chi connectivity index (χ1) is 9.02. The number of imide groups is 1. The molecule has 0 saturated carbocycles. The molecule has 7 heteroatoms. The van der Waals surface area contributed by atoms with Crippen molar-refractivity contribution < 1.29 is 24.2 Å². The molecule has 0 aromatic rings. The van der Waals surface area contributed by atoms with Crippen LogP contribution in [0, 0.1) is 0 Å². The van der Waals surface area contributed by atoms with E-state index in [1.54, 1.807) is 12.0 Å². The number of urea groups is 1. The third kappa shape index (κ3) is 5.69. The summed E-state index contributed by atoms with van der Waals surface area (Å²) in [4.78, 5) is 35.0. The van der Waals surface area contributed by atoms with Gasteiger partial charge in [0.2, 0.25) is 5.91 Å². The van der Waals surface area contributed by atoms with Crippen molar-refractivity contribution >= 4 is 17.9 Å². The number of likely N-dealkylation sites (tertiary alicyclic amines) is 1. The Kier molecular flexibility index (Phi) is 6.27. The second kappa shape index (κ2) is 7.73. The third-order valence-corrected chi connectivity index (χ3v) is 3.06. The second-order valence-corrected chi connectivity index (χ2v) is 4.55. The summed E-state index contributed by atoms with van der Waals surface area (Å²) in [7, 11) is 1.60. The Morgan fingerprint density at radius 2 is 2.00 bits per heavy atom. The zero-order valence-electron chi connectivity index (χ0n) is 11.1. The van der Waals surface area contributed by atoms with Crippen LogP contribution in [-0.2, 0) is 14.3 Å². The van der Waals surface area contributed by atoms with Gasteiger partial charge in [-0.2, -0.15) is 0 Å². The van der Waals surface area contributed by atoms with Gasteiger partial charge in [-0.1, -0.05) is 0 Å². The van der Waals surface area contributed by atoms with Crippen LogP contribution in [0.4, 0.5) is 4.79 Å². The smallest absolute Gasteiger partial charge is 0.324 e. The molecule has 1 fully saturated rings. The summed E-state index contributed by atoms with van der Waals surface area (Å²) in [6.07, 6.45) is 1.93. The molecule has 0 aromatic heterocycles. The number of carboxylic acid groups (broad SMARTS) is 1. The first-order valence-corrected chi connectivity index (χ1v) is 6.36. The number of hydrogen-bond donors (Lipinski definition) is 2. The van der Waals surface area contributed by atoms with Crippen molar-refractivity contribution in [1.82, 2.24) is 10.2 Å². The van der Waals surface area contributed by atoms with E-state index < -0.39 is 12.0 Å². The Bertz CT molecular complexity index is 345. The Hall–Kier alpha value is -1.63. The molecule has 19 heavy (non-hydrogen) atoms. The van der Waals surface area contributed by atoms with Gasteiger partial charge in [0.25, 0.3) is 0 Å². The topological polar surface area (TPSA) is 95.9 Å². The van der Waals surface area contributed by atoms with E-state index in [1.165, 1.54) is 0 Å². The molecular formula is C12H20N2O5. The minimum atomic E-state index is -0.876. The maximum Gasteiger partial charge on any atom is 0.324 e. The van der Waals surface area contributed by atoms with Crippen LogP contribution < -0.4 is 5.32 Å². The molecule has 0 radical (unpaired) electrons. The fourth-order valence-corrected chi connectivity index (χ4v) is 1.93. The molecule has 1 atom stereocenters. The van der Waals surface area contributed by atoms with E-state index in [9.17, 15) is 14.4 Å². The number of rotatable bonds is 6. The molecule has 2 N–H and O–H groups in total. The quantitative estimate of drug-likeness (QED) is 0.690. The van der Waals surface area contributed by atoms with Crippen molar-refractivity contribution in [2.75, 3.05) is 20.2 Å². The van der Waals surface area contributed by atoms with Crippen LogP contribution in [0.25, 0.3) is 0 Å². The number of nitrogens with one attached hydrogen (secondary N) is 1. The lowest BCUT2D eigenvalue weighted by atomic mass is 10.2. The Morgan fingerprint density at radius 3 is 2.58 bits per heavy atom. The zero-order chi connectivity index (χ0) is 14.3. The van der Waals surface area contributed by atoms with E-state index in [4.69, 9.17) is 9.84 Å². The lowest BCUT2D eigenvalue weighted by molar-refractivity contribution is -0.137. The van der Waals surface area contributed by atoms with Crippen molar-refractivity contribution in [1.29, 1.82) is 0 Å². The number of hydrogen-bond acceptors (Lipinski definition) is 4. The second-order valence-electron chi connectivity index (χ2n) is 4.55. The summed E-state index contributed by atoms with van der Waals surface area (Å²) in [6, 6.07) is -0.400. The van der Waals surface area contributed by atoms with Crippen molar-refractivity contribution in [3.63, 3.8) is 0 Å². The summed E-state index contributed by atoms with van der Waals surface area (Å²) >= 11 is 0. The van der Waals surface area contributed by atoms with Gasteiger partial charge in [-0.15, -0.1) is 0 Å². The van der Waals surface area contributed by atoms with E-state index in [0.717, 1.165) is 6.42 Å². The van der Waals surface area contributed by atoms with Gasteiger partial charge in [-0.05, 0) is 19.3 Å². The van der Waals surface area contributed by atoms with Gasteiger partial charge in [0.1, 0.15) is 0 Å². The molecule has 1 aliphatic rings. The highest BCUT2D eigenvalue weighted by Gasteiger charge is 2.26. The van der Waals surface area contributed by atoms with Crippen molar-refractivity contribution in [3.05, 3.63) is 0 Å². The summed E-state index contributed by atoms with van der Waals surface area (Å²) in [5, 5.41) is 10.7. The van der Waals surface area contributed by atoms with Crippen LogP contribution in [-0.4, -0.2) is 54.2 Å². The van der Waals surface area contributed by atoms with Gasteiger partial charge in [-0.3, -0.25) is 14.9 Å². The maximum atomic E-state index is 11.7. The van der Waals surface area contributed by atoms with Gasteiger partial charge in [-0.25, -0.2) is 4.79 Å². The maximum absolute atomic E-state index is 11.7. The van der Waals surface area contributed by atoms with Gasteiger partial charge >= 0.3 is 12.0 Å². The van der Waals surface area contributed by atoms with Gasteiger partial charge in [0.15, 0.2) is 0 Å². The summed E-state index contributed by atoms with van der Waals surface area (Å²) in [5.74, 6) is -1.24. The largest absolute Gasteiger partial charge is 0.481 e. The van der Waals surface area contributed by atoms with E-state index in [-0.39, 0.29) is 24.9 Å². The molecule has 3 amide bonds. The lowest BCUT2D eigenvalue weighted by Crippen LogP contribution is -2.42. The fraction of sp³-hybridized carbons (Fsp3) is 0.750. The minimum Gasteiger partial charge on any atom is -0.481 e. The van der Waals surface area contributed by atoms with E-state index >= 15 is 0 Å². The molecule has 108 valence electrons. The van der Waals surface area contributed by atoms with Crippen LogP contribution in [0.3, 0.4) is 0 Å². The molecule has 1 rings (SSSR count). The molecule has 0 aliphatic carbocycles. The highest BCUT2D eigenvalue weighted by Crippen LogP contribution is 2.11. The summed E-state index contributed by atoms with van der Waals surface area (Å²) in [6.45, 7) is 1.07. The van der Waals surface area contributed by atoms with Crippen molar-refractivity contribution in [3.8, 4) is 0 Å². The number of carbonyl (C=O) groups is 3. The number of ether oxygens (including phenoxy) is 1. The van der Waals surface area contributed by atoms with Gasteiger partial charge in [0, 0.05) is 33.0 Å². The monoisotopic (exact) mass is 272 g/mol. The first kappa shape index (κ1) is 15.4. The summed E-state index contributed by atoms with van der Waals surface area (Å²) in [5.41, 5.74) is 0. The molecule has 0 spiro atoms. The average molecular weight is 272 g/mol. The molecule has 1 unspecified atom stereocenters. The molecular weight excluding hydrogens is 252 g/mol. The van der Waals surface area contributed by atoms with Crippen LogP contribution >= 0.6 is 0 Å². The Balaban J connectivity index is 2.18. The number of amides is 3. The highest BCUT2D eigenvalue weighted by atomic mass is 16.5. The molecule has 1 aliphatic heterocycles. The van der Waals surface area contributed by atoms with Crippen LogP contribution in [0.15, 0.2) is 0 Å². The SMILES string of the molecule is COC1CCN(C(=O)NC(=O)CCCCC(=O)O)C1. The first-order valence-electron chi connectivity index (χ1n) is 6.36. The number of methoxy groups -OCH3 is 1. The van der Waals surface area contributed by atoms with Gasteiger partial charge in [0.05, 0.1) is 6.10 Å². The molecule has 7 nitrogen and oxygen atoms in total. The number of aliphatic carboxylic acids is 1. The molecule has 1 heterocycles. The van der Waals surface area contributed by atoms with Crippen molar-refractivity contribution in [2.24, 2.45) is 0 Å². The van der Waals surface area contributed by atoms with Crippen LogP contribution in [0.2, 0.25) is 0 Å². The highest BCUT2D eigenvalue weighted by molar-refractivity contribution is 5.94. The predicted octanol–water partition coefficient (Wildman–Crippen LogP) is 0.588. The fourth-order valence-electron chi connectivity index (χ4n) is 1.93. The van der Waals surface area contributed by atoms with Gasteiger partial charge < -0.3 is 14.7 Å². The number of unbranched alkanes of at least 4 members (excludes halogenated alkanes) is 1. The predicted molar refractivity (Wildman–Crippen MR) is 66.6 cm³/mol. The van der Waals surface area contributed by atoms with E-state index in [2.05, 4.69) is 5.32 Å². The van der Waals surface area contributed by atoms with E-state index in [0.29, 0.717) is 25.9 Å². The Morgan fingerprint density at radius 1 is 1.32 bits per heavy atom. The molecule has 0 bridgehead atoms. The van der Waals surface area contributed by atoms with Crippen LogP contribution in [0.1, 0.15) is 32.1 Å². The molecule has 0 aromatic carbocycles.